The predicted molar refractivity (Wildman–Crippen MR) is 140 cm³/mol. The van der Waals surface area contributed by atoms with Gasteiger partial charge < -0.3 is 15.7 Å². The summed E-state index contributed by atoms with van der Waals surface area (Å²) in [6, 6.07) is 20.2. The molecule has 37 heavy (non-hydrogen) atoms. The molecule has 0 bridgehead atoms. The fourth-order valence-corrected chi connectivity index (χ4v) is 4.42. The molecule has 2 atom stereocenters. The summed E-state index contributed by atoms with van der Waals surface area (Å²) < 4.78 is 13.6. The number of hydrogen-bond acceptors (Lipinski definition) is 7. The predicted octanol–water partition coefficient (Wildman–Crippen LogP) is 5.36. The van der Waals surface area contributed by atoms with Gasteiger partial charge >= 0.3 is 0 Å². The minimum Gasteiger partial charge on any atom is -0.394 e. The second-order valence-electron chi connectivity index (χ2n) is 8.32. The van der Waals surface area contributed by atoms with Crippen LogP contribution in [0.5, 0.6) is 0 Å². The molecule has 2 heterocycles. The van der Waals surface area contributed by atoms with Crippen LogP contribution >= 0.6 is 11.6 Å². The van der Waals surface area contributed by atoms with Crippen LogP contribution in [-0.2, 0) is 0 Å². The highest BCUT2D eigenvalue weighted by molar-refractivity contribution is 6.32. The number of aromatic amines is 1. The Morgan fingerprint density at radius 3 is 2.49 bits per heavy atom. The van der Waals surface area contributed by atoms with Crippen LogP contribution in [-0.4, -0.2) is 32.1 Å². The maximum Gasteiger partial charge on any atom is 0.123 e. The Hall–Kier alpha value is -4.52. The minimum atomic E-state index is -0.496. The van der Waals surface area contributed by atoms with Gasteiger partial charge in [0, 0.05) is 16.6 Å². The zero-order chi connectivity index (χ0) is 25.8. The Morgan fingerprint density at radius 1 is 1.03 bits per heavy atom. The number of fused-ring (bicyclic) bond motifs is 1. The summed E-state index contributed by atoms with van der Waals surface area (Å²) in [4.78, 5) is 4.55. The Morgan fingerprint density at radius 2 is 1.81 bits per heavy atom. The number of H-pyrrole nitrogens is 1. The fraction of sp³-hybridized carbons (Fsp3) is 0.111. The summed E-state index contributed by atoms with van der Waals surface area (Å²) in [5.41, 5.74) is 4.12. The third-order valence-corrected chi connectivity index (χ3v) is 6.21. The van der Waals surface area contributed by atoms with Crippen molar-refractivity contribution in [2.75, 3.05) is 17.2 Å². The van der Waals surface area contributed by atoms with Gasteiger partial charge in [0.2, 0.25) is 0 Å². The SMILES string of the molecule is N#Cc1cnc2c(N[C@@H](c3ccc(F)cc3)c3cn[nH]n3)cc(Cl)cc2c1N[C@H](CO)c1ccccc1. The molecule has 0 aliphatic rings. The first-order chi connectivity index (χ1) is 18.1. The standard InChI is InChI=1S/C27H21ClFN7O/c28-19-10-21-25(34-24(15-37)16-4-2-1-3-5-16)18(12-30)13-31-27(21)22(11-19)33-26(23-14-32-36-35-23)17-6-8-20(29)9-7-17/h1-11,13-14,24,26,33,37H,15H2,(H,31,34)(H,32,35,36)/t24-,26+/m1/s1. The highest BCUT2D eigenvalue weighted by atomic mass is 35.5. The molecule has 10 heteroatoms. The lowest BCUT2D eigenvalue weighted by Crippen LogP contribution is -2.16. The van der Waals surface area contributed by atoms with Crippen LogP contribution < -0.4 is 10.6 Å². The summed E-state index contributed by atoms with van der Waals surface area (Å²) in [5.74, 6) is -0.353. The van der Waals surface area contributed by atoms with Gasteiger partial charge in [-0.25, -0.2) is 4.39 Å². The van der Waals surface area contributed by atoms with Gasteiger partial charge in [-0.1, -0.05) is 54.1 Å². The van der Waals surface area contributed by atoms with Crippen molar-refractivity contribution in [3.05, 3.63) is 112 Å². The van der Waals surface area contributed by atoms with Gasteiger partial charge in [0.25, 0.3) is 0 Å². The third kappa shape index (κ3) is 5.07. The lowest BCUT2D eigenvalue weighted by atomic mass is 10.0. The molecule has 0 aliphatic carbocycles. The molecule has 5 rings (SSSR count). The molecule has 0 spiro atoms. The third-order valence-electron chi connectivity index (χ3n) is 5.99. The first kappa shape index (κ1) is 24.2. The number of aliphatic hydroxyl groups is 1. The van der Waals surface area contributed by atoms with E-state index in [2.05, 4.69) is 37.1 Å². The van der Waals surface area contributed by atoms with Crippen LogP contribution in [0.1, 0.15) is 34.5 Å². The first-order valence-corrected chi connectivity index (χ1v) is 11.8. The molecule has 0 radical (unpaired) electrons. The van der Waals surface area contributed by atoms with Gasteiger partial charge in [0.15, 0.2) is 0 Å². The molecule has 4 N–H and O–H groups in total. The number of anilines is 2. The zero-order valence-electron chi connectivity index (χ0n) is 19.4. The van der Waals surface area contributed by atoms with Crippen molar-refractivity contribution in [3.8, 4) is 6.07 Å². The molecule has 184 valence electrons. The number of benzene rings is 3. The summed E-state index contributed by atoms with van der Waals surface area (Å²) in [7, 11) is 0. The largest absolute Gasteiger partial charge is 0.394 e. The van der Waals surface area contributed by atoms with E-state index in [0.717, 1.165) is 11.1 Å². The smallest absolute Gasteiger partial charge is 0.123 e. The highest BCUT2D eigenvalue weighted by Crippen LogP contribution is 2.37. The summed E-state index contributed by atoms with van der Waals surface area (Å²) >= 11 is 6.54. The molecule has 0 fully saturated rings. The molecule has 0 aliphatic heterocycles. The van der Waals surface area contributed by atoms with E-state index in [4.69, 9.17) is 11.6 Å². The van der Waals surface area contributed by atoms with Crippen LogP contribution in [0.2, 0.25) is 5.02 Å². The van der Waals surface area contributed by atoms with Gasteiger partial charge in [-0.2, -0.15) is 20.7 Å². The monoisotopic (exact) mass is 513 g/mol. The quantitative estimate of drug-likeness (QED) is 0.220. The van der Waals surface area contributed by atoms with E-state index in [-0.39, 0.29) is 12.4 Å². The summed E-state index contributed by atoms with van der Waals surface area (Å²) in [5, 5.41) is 38.4. The van der Waals surface area contributed by atoms with E-state index in [1.54, 1.807) is 30.5 Å². The average molecular weight is 514 g/mol. The number of halogens is 2. The lowest BCUT2D eigenvalue weighted by Gasteiger charge is -2.22. The van der Waals surface area contributed by atoms with Gasteiger partial charge in [-0.05, 0) is 35.4 Å². The van der Waals surface area contributed by atoms with Gasteiger partial charge in [-0.3, -0.25) is 4.98 Å². The molecular formula is C27H21ClFN7O. The van der Waals surface area contributed by atoms with E-state index < -0.39 is 12.1 Å². The second-order valence-corrected chi connectivity index (χ2v) is 8.76. The van der Waals surface area contributed by atoms with Crippen molar-refractivity contribution in [1.82, 2.24) is 20.4 Å². The van der Waals surface area contributed by atoms with Gasteiger partial charge in [-0.15, -0.1) is 0 Å². The maximum absolute atomic E-state index is 13.6. The normalized spacial score (nSPS) is 12.6. The van der Waals surface area contributed by atoms with E-state index in [0.29, 0.717) is 38.6 Å². The molecule has 5 aromatic rings. The Kier molecular flexibility index (Phi) is 6.94. The Balaban J connectivity index is 1.61. The van der Waals surface area contributed by atoms with Crippen LogP contribution in [0.4, 0.5) is 15.8 Å². The van der Waals surface area contributed by atoms with Crippen LogP contribution in [0.15, 0.2) is 79.1 Å². The first-order valence-electron chi connectivity index (χ1n) is 11.4. The summed E-state index contributed by atoms with van der Waals surface area (Å²) in [6.07, 6.45) is 3.06. The van der Waals surface area contributed by atoms with E-state index in [1.807, 2.05) is 30.3 Å². The minimum absolute atomic E-state index is 0.191. The van der Waals surface area contributed by atoms with Crippen LogP contribution in [0.25, 0.3) is 10.9 Å². The van der Waals surface area contributed by atoms with Crippen molar-refractivity contribution in [1.29, 1.82) is 5.26 Å². The van der Waals surface area contributed by atoms with E-state index in [1.165, 1.54) is 18.3 Å². The number of nitrogens with zero attached hydrogens (tertiary/aromatic N) is 4. The van der Waals surface area contributed by atoms with E-state index >= 15 is 0 Å². The zero-order valence-corrected chi connectivity index (χ0v) is 20.1. The number of pyridine rings is 1. The maximum atomic E-state index is 13.6. The molecule has 3 aromatic carbocycles. The van der Waals surface area contributed by atoms with Crippen molar-refractivity contribution in [2.24, 2.45) is 0 Å². The van der Waals surface area contributed by atoms with Crippen molar-refractivity contribution < 1.29 is 9.50 Å². The molecule has 0 unspecified atom stereocenters. The molecule has 0 saturated heterocycles. The number of nitrogens with one attached hydrogen (secondary N) is 3. The fourth-order valence-electron chi connectivity index (χ4n) is 4.20. The van der Waals surface area contributed by atoms with Crippen LogP contribution in [0.3, 0.4) is 0 Å². The second kappa shape index (κ2) is 10.6. The Labute approximate surface area is 216 Å². The highest BCUT2D eigenvalue weighted by Gasteiger charge is 2.21. The molecule has 0 saturated carbocycles. The van der Waals surface area contributed by atoms with Crippen LogP contribution in [0, 0.1) is 17.1 Å². The van der Waals surface area contributed by atoms with Crippen molar-refractivity contribution in [2.45, 2.75) is 12.1 Å². The number of aromatic nitrogens is 4. The summed E-state index contributed by atoms with van der Waals surface area (Å²) in [6.45, 7) is -0.191. The number of aliphatic hydroxyl groups excluding tert-OH is 1. The van der Waals surface area contributed by atoms with E-state index in [9.17, 15) is 14.8 Å². The van der Waals surface area contributed by atoms with Gasteiger partial charge in [0.05, 0.1) is 47.3 Å². The van der Waals surface area contributed by atoms with Crippen molar-refractivity contribution >= 4 is 33.9 Å². The topological polar surface area (TPSA) is 123 Å². The molecular weight excluding hydrogens is 493 g/mol. The number of nitriles is 1. The number of hydrogen-bond donors (Lipinski definition) is 4. The van der Waals surface area contributed by atoms with Crippen molar-refractivity contribution in [3.63, 3.8) is 0 Å². The number of rotatable bonds is 8. The average Bonchev–Trinajstić information content (AvgIpc) is 3.46. The molecule has 0 amide bonds. The Bertz CT molecular complexity index is 1550. The molecule has 8 nitrogen and oxygen atoms in total. The lowest BCUT2D eigenvalue weighted by molar-refractivity contribution is 0.276. The van der Waals surface area contributed by atoms with Gasteiger partial charge in [0.1, 0.15) is 17.6 Å². The molecule has 2 aromatic heterocycles.